The molecule has 0 aliphatic rings. The number of carbonyl (C=O) groups excluding carboxylic acids is 2. The van der Waals surface area contributed by atoms with E-state index < -0.39 is 22.0 Å². The molecule has 30 heavy (non-hydrogen) atoms. The summed E-state index contributed by atoms with van der Waals surface area (Å²) < 4.78 is 43.6. The van der Waals surface area contributed by atoms with Crippen LogP contribution in [0.25, 0.3) is 10.9 Å². The molecule has 0 saturated carbocycles. The second-order valence-corrected chi connectivity index (χ2v) is 7.75. The molecule has 2 aromatic carbocycles. The third-order valence-electron chi connectivity index (χ3n) is 4.30. The first kappa shape index (κ1) is 21.2. The number of carbonyl (C=O) groups is 2. The van der Waals surface area contributed by atoms with Crippen LogP contribution in [0.5, 0.6) is 5.75 Å². The van der Waals surface area contributed by atoms with Gasteiger partial charge in [0.15, 0.2) is 5.69 Å². The molecule has 10 heteroatoms. The Balaban J connectivity index is 2.18. The van der Waals surface area contributed by atoms with E-state index in [0.717, 1.165) is 7.11 Å². The van der Waals surface area contributed by atoms with Crippen LogP contribution in [0.15, 0.2) is 47.4 Å². The van der Waals surface area contributed by atoms with Crippen molar-refractivity contribution < 1.29 is 32.2 Å². The normalized spacial score (nSPS) is 11.2. The highest BCUT2D eigenvalue weighted by Gasteiger charge is 2.27. The molecule has 0 radical (unpaired) electrons. The summed E-state index contributed by atoms with van der Waals surface area (Å²) in [5.41, 5.74) is 0.279. The lowest BCUT2D eigenvalue weighted by molar-refractivity contribution is 0.0520. The summed E-state index contributed by atoms with van der Waals surface area (Å²) in [6.45, 7) is 1.74. The van der Waals surface area contributed by atoms with Crippen LogP contribution in [0.1, 0.15) is 27.8 Å². The summed E-state index contributed by atoms with van der Waals surface area (Å²) in [5, 5.41) is 0.400. The van der Waals surface area contributed by atoms with Gasteiger partial charge in [-0.2, -0.15) is 0 Å². The molecule has 9 nitrogen and oxygen atoms in total. The second-order valence-electron chi connectivity index (χ2n) is 6.10. The maximum Gasteiger partial charge on any atom is 0.356 e. The summed E-state index contributed by atoms with van der Waals surface area (Å²) in [5.74, 6) is -1.07. The zero-order valence-corrected chi connectivity index (χ0v) is 17.3. The number of hydrogen-bond donors (Lipinski definition) is 2. The number of hydrogen-bond acceptors (Lipinski definition) is 7. The molecular formula is C20H20N2O7S. The predicted octanol–water partition coefficient (Wildman–Crippen LogP) is 2.94. The zero-order valence-electron chi connectivity index (χ0n) is 16.5. The van der Waals surface area contributed by atoms with Crippen molar-refractivity contribution in [2.75, 3.05) is 25.5 Å². The minimum atomic E-state index is -4.27. The van der Waals surface area contributed by atoms with Gasteiger partial charge >= 0.3 is 11.9 Å². The first-order valence-electron chi connectivity index (χ1n) is 8.89. The number of esters is 2. The summed E-state index contributed by atoms with van der Waals surface area (Å²) in [7, 11) is -1.64. The van der Waals surface area contributed by atoms with Gasteiger partial charge in [-0.1, -0.05) is 12.1 Å². The number of ether oxygens (including phenoxy) is 3. The Labute approximate surface area is 173 Å². The van der Waals surface area contributed by atoms with Crippen LogP contribution in [-0.4, -0.2) is 46.2 Å². The zero-order chi connectivity index (χ0) is 21.9. The topological polar surface area (TPSA) is 124 Å². The van der Waals surface area contributed by atoms with Gasteiger partial charge in [0.05, 0.1) is 32.1 Å². The highest BCUT2D eigenvalue weighted by molar-refractivity contribution is 7.92. The van der Waals surface area contributed by atoms with Crippen molar-refractivity contribution in [3.8, 4) is 5.75 Å². The van der Waals surface area contributed by atoms with E-state index >= 15 is 0 Å². The second kappa shape index (κ2) is 8.46. The van der Waals surface area contributed by atoms with Crippen molar-refractivity contribution >= 4 is 38.6 Å². The Kier molecular flexibility index (Phi) is 5.97. The van der Waals surface area contributed by atoms with E-state index in [1.807, 2.05) is 0 Å². The molecule has 0 saturated heterocycles. The molecule has 1 heterocycles. The average molecular weight is 432 g/mol. The van der Waals surface area contributed by atoms with Gasteiger partial charge in [0.2, 0.25) is 0 Å². The first-order chi connectivity index (χ1) is 14.3. The van der Waals surface area contributed by atoms with Crippen molar-refractivity contribution in [2.24, 2.45) is 0 Å². The van der Waals surface area contributed by atoms with E-state index in [-0.39, 0.29) is 28.4 Å². The Bertz CT molecular complexity index is 1220. The predicted molar refractivity (Wildman–Crippen MR) is 109 cm³/mol. The Morgan fingerprint density at radius 3 is 2.47 bits per heavy atom. The quantitative estimate of drug-likeness (QED) is 0.550. The number of fused-ring (bicyclic) bond motifs is 1. The van der Waals surface area contributed by atoms with Crippen molar-refractivity contribution in [3.05, 3.63) is 53.7 Å². The molecule has 0 atom stereocenters. The molecule has 0 unspecified atom stereocenters. The molecule has 2 N–H and O–H groups in total. The fourth-order valence-electron chi connectivity index (χ4n) is 2.93. The SMILES string of the molecule is CCOC(=O)c1[nH]c2ccc(OC)cc2c1NS(=O)(=O)c1ccccc1C(=O)OC. The maximum absolute atomic E-state index is 13.2. The summed E-state index contributed by atoms with van der Waals surface area (Å²) in [4.78, 5) is 27.1. The van der Waals surface area contributed by atoms with Gasteiger partial charge in [0.1, 0.15) is 10.6 Å². The fourth-order valence-corrected chi connectivity index (χ4v) is 4.22. The van der Waals surface area contributed by atoms with Crippen LogP contribution < -0.4 is 9.46 Å². The number of anilines is 1. The number of rotatable bonds is 7. The maximum atomic E-state index is 13.2. The smallest absolute Gasteiger partial charge is 0.356 e. The van der Waals surface area contributed by atoms with Gasteiger partial charge in [-0.25, -0.2) is 18.0 Å². The third-order valence-corrected chi connectivity index (χ3v) is 5.71. The molecule has 0 bridgehead atoms. The van der Waals surface area contributed by atoms with Gasteiger partial charge in [-0.05, 0) is 37.3 Å². The van der Waals surface area contributed by atoms with E-state index in [4.69, 9.17) is 9.47 Å². The Morgan fingerprint density at radius 1 is 1.07 bits per heavy atom. The number of benzene rings is 2. The van der Waals surface area contributed by atoms with Gasteiger partial charge in [-0.3, -0.25) is 4.72 Å². The van der Waals surface area contributed by atoms with E-state index in [9.17, 15) is 18.0 Å². The number of sulfonamides is 1. The Hall–Kier alpha value is -3.53. The third kappa shape index (κ3) is 3.94. The Morgan fingerprint density at radius 2 is 1.80 bits per heavy atom. The van der Waals surface area contributed by atoms with Crippen LogP contribution in [-0.2, 0) is 19.5 Å². The lowest BCUT2D eigenvalue weighted by Crippen LogP contribution is -2.19. The molecule has 0 aliphatic heterocycles. The minimum Gasteiger partial charge on any atom is -0.497 e. The van der Waals surface area contributed by atoms with E-state index in [2.05, 4.69) is 14.4 Å². The number of aromatic amines is 1. The van der Waals surface area contributed by atoms with Crippen LogP contribution in [0, 0.1) is 0 Å². The summed E-state index contributed by atoms with van der Waals surface area (Å²) >= 11 is 0. The number of nitrogens with one attached hydrogen (secondary N) is 2. The van der Waals surface area contributed by atoms with Crippen LogP contribution in [0.3, 0.4) is 0 Å². The molecular weight excluding hydrogens is 412 g/mol. The number of aromatic nitrogens is 1. The number of H-pyrrole nitrogens is 1. The molecule has 3 aromatic rings. The standard InChI is InChI=1S/C20H20N2O7S/c1-4-29-20(24)18-17(14-11-12(27-2)9-10-15(14)21-18)22-30(25,26)16-8-6-5-7-13(16)19(23)28-3/h5-11,21-22H,4H2,1-3H3. The van der Waals surface area contributed by atoms with Gasteiger partial charge in [-0.15, -0.1) is 0 Å². The molecule has 1 aromatic heterocycles. The lowest BCUT2D eigenvalue weighted by Gasteiger charge is -2.12. The first-order valence-corrected chi connectivity index (χ1v) is 10.4. The molecule has 0 spiro atoms. The highest BCUT2D eigenvalue weighted by Crippen LogP contribution is 2.33. The van der Waals surface area contributed by atoms with Crippen LogP contribution >= 0.6 is 0 Å². The van der Waals surface area contributed by atoms with Crippen molar-refractivity contribution in [1.82, 2.24) is 4.98 Å². The summed E-state index contributed by atoms with van der Waals surface area (Å²) in [6.07, 6.45) is 0. The van der Waals surface area contributed by atoms with Crippen molar-refractivity contribution in [3.63, 3.8) is 0 Å². The highest BCUT2D eigenvalue weighted by atomic mass is 32.2. The largest absolute Gasteiger partial charge is 0.497 e. The fraction of sp³-hybridized carbons (Fsp3) is 0.200. The minimum absolute atomic E-state index is 0.0120. The lowest BCUT2D eigenvalue weighted by atomic mass is 10.2. The molecule has 0 fully saturated rings. The average Bonchev–Trinajstić information content (AvgIpc) is 3.10. The van der Waals surface area contributed by atoms with Gasteiger partial charge in [0.25, 0.3) is 10.0 Å². The molecule has 0 amide bonds. The van der Waals surface area contributed by atoms with Gasteiger partial charge < -0.3 is 19.2 Å². The molecule has 3 rings (SSSR count). The number of methoxy groups -OCH3 is 2. The van der Waals surface area contributed by atoms with E-state index in [0.29, 0.717) is 16.7 Å². The van der Waals surface area contributed by atoms with E-state index in [1.54, 1.807) is 25.1 Å². The van der Waals surface area contributed by atoms with Crippen molar-refractivity contribution in [1.29, 1.82) is 0 Å². The van der Waals surface area contributed by atoms with Crippen LogP contribution in [0.4, 0.5) is 5.69 Å². The van der Waals surface area contributed by atoms with Crippen LogP contribution in [0.2, 0.25) is 0 Å². The monoisotopic (exact) mass is 432 g/mol. The van der Waals surface area contributed by atoms with E-state index in [1.165, 1.54) is 31.4 Å². The molecule has 0 aliphatic carbocycles. The molecule has 158 valence electrons. The van der Waals surface area contributed by atoms with Gasteiger partial charge in [0, 0.05) is 10.9 Å². The van der Waals surface area contributed by atoms with Crippen molar-refractivity contribution in [2.45, 2.75) is 11.8 Å². The summed E-state index contributed by atoms with van der Waals surface area (Å²) in [6, 6.07) is 10.5.